The van der Waals surface area contributed by atoms with Crippen LogP contribution in [0.15, 0.2) is 30.3 Å². The summed E-state index contributed by atoms with van der Waals surface area (Å²) in [6, 6.07) is 8.16. The number of hydrogen-bond donors (Lipinski definition) is 3. The molecule has 4 N–H and O–H groups in total. The van der Waals surface area contributed by atoms with Crippen molar-refractivity contribution in [3.05, 3.63) is 36.0 Å². The van der Waals surface area contributed by atoms with Crippen LogP contribution in [0.25, 0.3) is 10.9 Å². The van der Waals surface area contributed by atoms with Gasteiger partial charge in [-0.15, -0.1) is 0 Å². The quantitative estimate of drug-likeness (QED) is 0.727. The average molecular weight is 301 g/mol. The van der Waals surface area contributed by atoms with Gasteiger partial charge in [0, 0.05) is 5.39 Å². The van der Waals surface area contributed by atoms with Crippen LogP contribution in [0.5, 0.6) is 0 Å². The highest BCUT2D eigenvalue weighted by Crippen LogP contribution is 2.19. The largest absolute Gasteiger partial charge is 0.480 e. The Kier molecular flexibility index (Phi) is 4.60. The molecule has 0 bridgehead atoms. The van der Waals surface area contributed by atoms with E-state index in [2.05, 4.69) is 10.3 Å². The van der Waals surface area contributed by atoms with Gasteiger partial charge < -0.3 is 16.2 Å². The fraction of sp³-hybridized carbons (Fsp3) is 0.312. The van der Waals surface area contributed by atoms with Crippen molar-refractivity contribution in [2.75, 3.05) is 5.73 Å². The number of nitrogens with two attached hydrogens (primary N) is 1. The number of benzene rings is 1. The predicted molar refractivity (Wildman–Crippen MR) is 84.3 cm³/mol. The zero-order chi connectivity index (χ0) is 16.3. The zero-order valence-electron chi connectivity index (χ0n) is 12.5. The van der Waals surface area contributed by atoms with Gasteiger partial charge in [-0.3, -0.25) is 9.78 Å². The summed E-state index contributed by atoms with van der Waals surface area (Å²) in [7, 11) is 0. The summed E-state index contributed by atoms with van der Waals surface area (Å²) in [6.07, 6.45) is 0.0147. The van der Waals surface area contributed by atoms with Crippen molar-refractivity contribution in [3.8, 4) is 0 Å². The Hall–Kier alpha value is -2.63. The Labute approximate surface area is 128 Å². The van der Waals surface area contributed by atoms with E-state index in [4.69, 9.17) is 10.8 Å². The Bertz CT molecular complexity index is 713. The SMILES string of the molecule is CC(C)C(NC(=O)Cc1ccc2cccc(N)c2n1)C(=O)O. The molecule has 0 radical (unpaired) electrons. The minimum atomic E-state index is -1.04. The number of amides is 1. The van der Waals surface area contributed by atoms with Crippen LogP contribution in [0.4, 0.5) is 5.69 Å². The molecule has 6 heteroatoms. The lowest BCUT2D eigenvalue weighted by Crippen LogP contribution is -2.44. The van der Waals surface area contributed by atoms with E-state index in [1.165, 1.54) is 0 Å². The van der Waals surface area contributed by atoms with Crippen LogP contribution in [0.3, 0.4) is 0 Å². The number of pyridine rings is 1. The van der Waals surface area contributed by atoms with E-state index in [-0.39, 0.29) is 18.2 Å². The van der Waals surface area contributed by atoms with Crippen LogP contribution in [-0.2, 0) is 16.0 Å². The fourth-order valence-corrected chi connectivity index (χ4v) is 2.21. The number of aliphatic carboxylic acids is 1. The molecule has 0 spiro atoms. The van der Waals surface area contributed by atoms with Gasteiger partial charge in [0.1, 0.15) is 6.04 Å². The topological polar surface area (TPSA) is 105 Å². The lowest BCUT2D eigenvalue weighted by molar-refractivity contribution is -0.143. The molecule has 6 nitrogen and oxygen atoms in total. The molecular formula is C16H19N3O3. The van der Waals surface area contributed by atoms with E-state index in [9.17, 15) is 9.59 Å². The molecule has 1 heterocycles. The molecule has 0 aliphatic rings. The number of fused-ring (bicyclic) bond motifs is 1. The minimum absolute atomic E-state index is 0.0147. The molecule has 0 aliphatic heterocycles. The first-order chi connectivity index (χ1) is 10.4. The number of aromatic nitrogens is 1. The summed E-state index contributed by atoms with van der Waals surface area (Å²) in [5.74, 6) is -1.61. The number of nitrogens with one attached hydrogen (secondary N) is 1. The summed E-state index contributed by atoms with van der Waals surface area (Å²) in [6.45, 7) is 3.49. The van der Waals surface area contributed by atoms with Gasteiger partial charge in [-0.1, -0.05) is 32.0 Å². The lowest BCUT2D eigenvalue weighted by atomic mass is 10.0. The van der Waals surface area contributed by atoms with Gasteiger partial charge in [-0.2, -0.15) is 0 Å². The average Bonchev–Trinajstić information content (AvgIpc) is 2.45. The van der Waals surface area contributed by atoms with Crippen LogP contribution in [0.2, 0.25) is 0 Å². The third-order valence-electron chi connectivity index (χ3n) is 3.40. The molecule has 1 aromatic carbocycles. The predicted octanol–water partition coefficient (Wildman–Crippen LogP) is 1.58. The van der Waals surface area contributed by atoms with Gasteiger partial charge in [-0.25, -0.2) is 4.79 Å². The first-order valence-electron chi connectivity index (χ1n) is 7.04. The number of carbonyl (C=O) groups excluding carboxylic acids is 1. The summed E-state index contributed by atoms with van der Waals surface area (Å²) >= 11 is 0. The monoisotopic (exact) mass is 301 g/mol. The smallest absolute Gasteiger partial charge is 0.326 e. The summed E-state index contributed by atoms with van der Waals surface area (Å²) < 4.78 is 0. The van der Waals surface area contributed by atoms with Crippen LogP contribution >= 0.6 is 0 Å². The van der Waals surface area contributed by atoms with Crippen molar-refractivity contribution < 1.29 is 14.7 Å². The highest BCUT2D eigenvalue weighted by atomic mass is 16.4. The van der Waals surface area contributed by atoms with Crippen molar-refractivity contribution in [1.82, 2.24) is 10.3 Å². The van der Waals surface area contributed by atoms with Crippen molar-refractivity contribution in [1.29, 1.82) is 0 Å². The molecule has 0 saturated heterocycles. The van der Waals surface area contributed by atoms with E-state index in [0.717, 1.165) is 5.39 Å². The molecule has 2 aromatic rings. The molecule has 0 aliphatic carbocycles. The number of nitrogen functional groups attached to an aromatic ring is 1. The number of rotatable bonds is 5. The number of carboxylic acid groups (broad SMARTS) is 1. The normalized spacial score (nSPS) is 12.3. The second-order valence-electron chi connectivity index (χ2n) is 5.53. The number of carboxylic acids is 1. The van der Waals surface area contributed by atoms with Crippen LogP contribution in [0, 0.1) is 5.92 Å². The fourth-order valence-electron chi connectivity index (χ4n) is 2.21. The number of para-hydroxylation sites is 1. The van der Waals surface area contributed by atoms with Crippen LogP contribution in [0.1, 0.15) is 19.5 Å². The molecule has 0 saturated carbocycles. The van der Waals surface area contributed by atoms with Gasteiger partial charge in [0.2, 0.25) is 5.91 Å². The van der Waals surface area contributed by atoms with E-state index in [1.807, 2.05) is 18.2 Å². The second-order valence-corrected chi connectivity index (χ2v) is 5.53. The van der Waals surface area contributed by atoms with Crippen molar-refractivity contribution in [2.24, 2.45) is 5.92 Å². The molecule has 1 aromatic heterocycles. The summed E-state index contributed by atoms with van der Waals surface area (Å²) in [5.41, 5.74) is 7.62. The maximum absolute atomic E-state index is 12.0. The minimum Gasteiger partial charge on any atom is -0.480 e. The summed E-state index contributed by atoms with van der Waals surface area (Å²) in [4.78, 5) is 27.5. The van der Waals surface area contributed by atoms with Gasteiger partial charge in [0.25, 0.3) is 0 Å². The molecule has 1 amide bonds. The molecule has 116 valence electrons. The standard InChI is InChI=1S/C16H19N3O3/c1-9(2)14(16(21)22)19-13(20)8-11-7-6-10-4-3-5-12(17)15(10)18-11/h3-7,9,14H,8,17H2,1-2H3,(H,19,20)(H,21,22). The van der Waals surface area contributed by atoms with E-state index in [1.54, 1.807) is 26.0 Å². The maximum Gasteiger partial charge on any atom is 0.326 e. The molecule has 1 unspecified atom stereocenters. The van der Waals surface area contributed by atoms with Gasteiger partial charge in [-0.05, 0) is 18.1 Å². The second kappa shape index (κ2) is 6.43. The maximum atomic E-state index is 12.0. The first kappa shape index (κ1) is 15.8. The first-order valence-corrected chi connectivity index (χ1v) is 7.04. The molecular weight excluding hydrogens is 282 g/mol. The van der Waals surface area contributed by atoms with Crippen LogP contribution < -0.4 is 11.1 Å². The molecule has 2 rings (SSSR count). The Morgan fingerprint density at radius 3 is 2.64 bits per heavy atom. The van der Waals surface area contributed by atoms with Crippen molar-refractivity contribution >= 4 is 28.5 Å². The Morgan fingerprint density at radius 2 is 2.00 bits per heavy atom. The number of anilines is 1. The van der Waals surface area contributed by atoms with Crippen molar-refractivity contribution in [3.63, 3.8) is 0 Å². The van der Waals surface area contributed by atoms with Gasteiger partial charge in [0.15, 0.2) is 0 Å². The molecule has 0 fully saturated rings. The summed E-state index contributed by atoms with van der Waals surface area (Å²) in [5, 5.41) is 12.5. The molecule has 1 atom stereocenters. The van der Waals surface area contributed by atoms with Crippen LogP contribution in [-0.4, -0.2) is 28.0 Å². The van der Waals surface area contributed by atoms with Gasteiger partial charge >= 0.3 is 5.97 Å². The van der Waals surface area contributed by atoms with E-state index in [0.29, 0.717) is 16.9 Å². The Balaban J connectivity index is 2.15. The highest BCUT2D eigenvalue weighted by molar-refractivity contribution is 5.90. The van der Waals surface area contributed by atoms with Gasteiger partial charge in [0.05, 0.1) is 23.3 Å². The van der Waals surface area contributed by atoms with E-state index < -0.39 is 12.0 Å². The third-order valence-corrected chi connectivity index (χ3v) is 3.40. The number of hydrogen-bond acceptors (Lipinski definition) is 4. The molecule has 22 heavy (non-hydrogen) atoms. The Morgan fingerprint density at radius 1 is 1.27 bits per heavy atom. The zero-order valence-corrected chi connectivity index (χ0v) is 12.5. The van der Waals surface area contributed by atoms with E-state index >= 15 is 0 Å². The number of carbonyl (C=O) groups is 2. The van der Waals surface area contributed by atoms with Crippen molar-refractivity contribution in [2.45, 2.75) is 26.3 Å². The third kappa shape index (κ3) is 3.52. The lowest BCUT2D eigenvalue weighted by Gasteiger charge is -2.17. The number of nitrogens with zero attached hydrogens (tertiary/aromatic N) is 1. The highest BCUT2D eigenvalue weighted by Gasteiger charge is 2.23.